The SMILES string of the molecule is Nc1cc(S(N)(=O)=O)ccc1Nc1ccc2sccc2c1. The highest BCUT2D eigenvalue weighted by Crippen LogP contribution is 2.29. The number of hydrogen-bond donors (Lipinski definition) is 3. The predicted octanol–water partition coefficient (Wildman–Crippen LogP) is 2.87. The van der Waals surface area contributed by atoms with Crippen molar-refractivity contribution < 1.29 is 8.42 Å². The molecule has 1 aromatic heterocycles. The molecule has 0 radical (unpaired) electrons. The first-order valence-corrected chi connectivity index (χ1v) is 8.53. The van der Waals surface area contributed by atoms with Gasteiger partial charge in [0.15, 0.2) is 0 Å². The summed E-state index contributed by atoms with van der Waals surface area (Å²) in [5.74, 6) is 0. The average molecular weight is 319 g/mol. The van der Waals surface area contributed by atoms with Crippen molar-refractivity contribution in [2.24, 2.45) is 5.14 Å². The van der Waals surface area contributed by atoms with Gasteiger partial charge >= 0.3 is 0 Å². The Kier molecular flexibility index (Phi) is 3.32. The van der Waals surface area contributed by atoms with Crippen LogP contribution in [0.25, 0.3) is 10.1 Å². The largest absolute Gasteiger partial charge is 0.397 e. The molecule has 5 N–H and O–H groups in total. The van der Waals surface area contributed by atoms with Crippen LogP contribution in [0.3, 0.4) is 0 Å². The zero-order valence-electron chi connectivity index (χ0n) is 10.9. The van der Waals surface area contributed by atoms with E-state index in [1.807, 2.05) is 29.6 Å². The summed E-state index contributed by atoms with van der Waals surface area (Å²) in [6, 6.07) is 12.4. The number of fused-ring (bicyclic) bond motifs is 1. The van der Waals surface area contributed by atoms with Crippen LogP contribution in [0.5, 0.6) is 0 Å². The Morgan fingerprint density at radius 2 is 1.86 bits per heavy atom. The lowest BCUT2D eigenvalue weighted by Crippen LogP contribution is -2.12. The van der Waals surface area contributed by atoms with Crippen molar-refractivity contribution in [1.82, 2.24) is 0 Å². The van der Waals surface area contributed by atoms with E-state index in [2.05, 4.69) is 5.32 Å². The molecule has 3 aromatic rings. The summed E-state index contributed by atoms with van der Waals surface area (Å²) in [7, 11) is -3.74. The smallest absolute Gasteiger partial charge is 0.238 e. The van der Waals surface area contributed by atoms with Crippen LogP contribution in [0.15, 0.2) is 52.7 Å². The first-order chi connectivity index (χ1) is 9.93. The number of hydrogen-bond acceptors (Lipinski definition) is 5. The molecule has 0 amide bonds. The van der Waals surface area contributed by atoms with Crippen molar-refractivity contribution in [2.75, 3.05) is 11.1 Å². The molecule has 0 spiro atoms. The average Bonchev–Trinajstić information content (AvgIpc) is 2.87. The van der Waals surface area contributed by atoms with Gasteiger partial charge in [0.05, 0.1) is 16.3 Å². The van der Waals surface area contributed by atoms with E-state index in [4.69, 9.17) is 10.9 Å². The molecule has 0 aliphatic carbocycles. The standard InChI is InChI=1S/C14H13N3O2S2/c15-12-8-11(21(16,18)19)2-3-13(12)17-10-1-4-14-9(7-10)5-6-20-14/h1-8,17H,15H2,(H2,16,18,19). The molecule has 7 heteroatoms. The third kappa shape index (κ3) is 2.85. The van der Waals surface area contributed by atoms with Crippen LogP contribution in [0.1, 0.15) is 0 Å². The quantitative estimate of drug-likeness (QED) is 0.646. The second kappa shape index (κ2) is 5.03. The fourth-order valence-electron chi connectivity index (χ4n) is 2.03. The van der Waals surface area contributed by atoms with Gasteiger partial charge in [-0.1, -0.05) is 0 Å². The Hall–Kier alpha value is -2.09. The third-order valence-corrected chi connectivity index (χ3v) is 4.89. The molecule has 0 saturated carbocycles. The molecule has 3 rings (SSSR count). The molecule has 0 bridgehead atoms. The third-order valence-electron chi connectivity index (χ3n) is 3.08. The Balaban J connectivity index is 1.94. The molecule has 1 heterocycles. The summed E-state index contributed by atoms with van der Waals surface area (Å²) in [4.78, 5) is -0.00108. The van der Waals surface area contributed by atoms with Crippen LogP contribution in [0, 0.1) is 0 Å². The molecule has 0 atom stereocenters. The first-order valence-electron chi connectivity index (χ1n) is 6.10. The van der Waals surface area contributed by atoms with E-state index < -0.39 is 10.0 Å². The number of nitrogen functional groups attached to an aromatic ring is 1. The minimum atomic E-state index is -3.74. The van der Waals surface area contributed by atoms with Crippen molar-refractivity contribution in [3.8, 4) is 0 Å². The molecular weight excluding hydrogens is 306 g/mol. The van der Waals surface area contributed by atoms with E-state index in [1.165, 1.54) is 16.8 Å². The number of thiophene rings is 1. The van der Waals surface area contributed by atoms with Crippen LogP contribution in [0.4, 0.5) is 17.1 Å². The van der Waals surface area contributed by atoms with E-state index in [9.17, 15) is 8.42 Å². The number of primary sulfonamides is 1. The van der Waals surface area contributed by atoms with Gasteiger partial charge < -0.3 is 11.1 Å². The topological polar surface area (TPSA) is 98.2 Å². The molecule has 0 aliphatic rings. The molecule has 0 saturated heterocycles. The molecule has 108 valence electrons. The summed E-state index contributed by atoms with van der Waals surface area (Å²) < 4.78 is 23.8. The van der Waals surface area contributed by atoms with Gasteiger partial charge in [0.25, 0.3) is 0 Å². The van der Waals surface area contributed by atoms with E-state index in [-0.39, 0.29) is 4.90 Å². The van der Waals surface area contributed by atoms with E-state index in [0.29, 0.717) is 11.4 Å². The molecule has 21 heavy (non-hydrogen) atoms. The Morgan fingerprint density at radius 1 is 1.05 bits per heavy atom. The minimum Gasteiger partial charge on any atom is -0.397 e. The van der Waals surface area contributed by atoms with Crippen molar-refractivity contribution in [1.29, 1.82) is 0 Å². The van der Waals surface area contributed by atoms with E-state index >= 15 is 0 Å². The zero-order chi connectivity index (χ0) is 15.0. The number of benzene rings is 2. The van der Waals surface area contributed by atoms with Crippen LogP contribution in [0.2, 0.25) is 0 Å². The van der Waals surface area contributed by atoms with Gasteiger partial charge in [-0.05, 0) is 53.2 Å². The summed E-state index contributed by atoms with van der Waals surface area (Å²) >= 11 is 1.68. The Bertz CT molecular complexity index is 917. The maximum atomic E-state index is 11.3. The van der Waals surface area contributed by atoms with Gasteiger partial charge in [0.1, 0.15) is 0 Å². The lowest BCUT2D eigenvalue weighted by atomic mass is 10.2. The van der Waals surface area contributed by atoms with E-state index in [1.54, 1.807) is 17.4 Å². The molecule has 0 fully saturated rings. The normalized spacial score (nSPS) is 11.7. The number of nitrogens with two attached hydrogens (primary N) is 2. The van der Waals surface area contributed by atoms with E-state index in [0.717, 1.165) is 11.1 Å². The first kappa shape index (κ1) is 13.9. The second-order valence-corrected chi connectivity index (χ2v) is 7.10. The van der Waals surface area contributed by atoms with Crippen molar-refractivity contribution >= 4 is 48.5 Å². The maximum absolute atomic E-state index is 11.3. The number of rotatable bonds is 3. The lowest BCUT2D eigenvalue weighted by molar-refractivity contribution is 0.598. The second-order valence-electron chi connectivity index (χ2n) is 4.59. The van der Waals surface area contributed by atoms with Gasteiger partial charge in [0, 0.05) is 10.4 Å². The van der Waals surface area contributed by atoms with Crippen molar-refractivity contribution in [3.63, 3.8) is 0 Å². The molecule has 0 unspecified atom stereocenters. The molecule has 0 aliphatic heterocycles. The highest BCUT2D eigenvalue weighted by molar-refractivity contribution is 7.89. The molecular formula is C14H13N3O2S2. The Morgan fingerprint density at radius 3 is 2.57 bits per heavy atom. The monoisotopic (exact) mass is 319 g/mol. The number of sulfonamides is 1. The van der Waals surface area contributed by atoms with Gasteiger partial charge in [-0.25, -0.2) is 13.6 Å². The van der Waals surface area contributed by atoms with Crippen LogP contribution >= 0.6 is 11.3 Å². The van der Waals surface area contributed by atoms with Gasteiger partial charge in [-0.2, -0.15) is 0 Å². The van der Waals surface area contributed by atoms with Gasteiger partial charge in [-0.15, -0.1) is 11.3 Å². The van der Waals surface area contributed by atoms with Gasteiger partial charge in [0.2, 0.25) is 10.0 Å². The minimum absolute atomic E-state index is 0.00108. The fourth-order valence-corrected chi connectivity index (χ4v) is 3.35. The summed E-state index contributed by atoms with van der Waals surface area (Å²) in [6.45, 7) is 0. The summed E-state index contributed by atoms with van der Waals surface area (Å²) in [5, 5.41) is 11.4. The summed E-state index contributed by atoms with van der Waals surface area (Å²) in [5.41, 5.74) is 7.73. The number of anilines is 3. The van der Waals surface area contributed by atoms with Crippen LogP contribution in [-0.2, 0) is 10.0 Å². The highest BCUT2D eigenvalue weighted by atomic mass is 32.2. The highest BCUT2D eigenvalue weighted by Gasteiger charge is 2.10. The fraction of sp³-hybridized carbons (Fsp3) is 0. The number of nitrogens with one attached hydrogen (secondary N) is 1. The van der Waals surface area contributed by atoms with Crippen LogP contribution < -0.4 is 16.2 Å². The van der Waals surface area contributed by atoms with Crippen molar-refractivity contribution in [3.05, 3.63) is 47.8 Å². The molecule has 2 aromatic carbocycles. The van der Waals surface area contributed by atoms with Crippen molar-refractivity contribution in [2.45, 2.75) is 4.90 Å². The van der Waals surface area contributed by atoms with Gasteiger partial charge in [-0.3, -0.25) is 0 Å². The zero-order valence-corrected chi connectivity index (χ0v) is 12.5. The molecule has 5 nitrogen and oxygen atoms in total. The maximum Gasteiger partial charge on any atom is 0.238 e. The Labute approximate surface area is 126 Å². The summed E-state index contributed by atoms with van der Waals surface area (Å²) in [6.07, 6.45) is 0. The lowest BCUT2D eigenvalue weighted by Gasteiger charge is -2.10. The van der Waals surface area contributed by atoms with Crippen LogP contribution in [-0.4, -0.2) is 8.42 Å². The predicted molar refractivity (Wildman–Crippen MR) is 87.3 cm³/mol.